The summed E-state index contributed by atoms with van der Waals surface area (Å²) in [6.07, 6.45) is 0. The minimum absolute atomic E-state index is 0.387. The van der Waals surface area contributed by atoms with Gasteiger partial charge in [-0.3, -0.25) is 9.05 Å². The van der Waals surface area contributed by atoms with Gasteiger partial charge in [0.25, 0.3) is 0 Å². The van der Waals surface area contributed by atoms with Gasteiger partial charge in [-0.2, -0.15) is 0 Å². The third-order valence-electron chi connectivity index (χ3n) is 2.98. The van der Waals surface area contributed by atoms with Crippen LogP contribution in [0, 0.1) is 0 Å². The molecule has 3 N–H and O–H groups in total. The van der Waals surface area contributed by atoms with Crippen molar-refractivity contribution in [2.24, 2.45) is 0 Å². The Balaban J connectivity index is 2.61. The summed E-state index contributed by atoms with van der Waals surface area (Å²) in [7, 11) is -3.16. The van der Waals surface area contributed by atoms with Gasteiger partial charge in [0.2, 0.25) is 0 Å². The van der Waals surface area contributed by atoms with Crippen LogP contribution in [0.25, 0.3) is 0 Å². The van der Waals surface area contributed by atoms with E-state index in [0.717, 1.165) is 39.3 Å². The number of rotatable bonds is 5. The predicted octanol–water partition coefficient (Wildman–Crippen LogP) is 0.252. The SMILES string of the molecule is CCOP(=O)(OCC)N1CCNCCNCCNCC1. The Hall–Kier alpha value is -0.0100. The van der Waals surface area contributed by atoms with Crippen molar-refractivity contribution in [1.82, 2.24) is 20.6 Å². The quantitative estimate of drug-likeness (QED) is 0.629. The van der Waals surface area contributed by atoms with Crippen LogP contribution >= 0.6 is 7.75 Å². The highest BCUT2D eigenvalue weighted by atomic mass is 31.2. The first-order valence-electron chi connectivity index (χ1n) is 7.49. The molecule has 8 heteroatoms. The van der Waals surface area contributed by atoms with Gasteiger partial charge in [0, 0.05) is 52.4 Å². The first-order chi connectivity index (χ1) is 9.73. The van der Waals surface area contributed by atoms with Crippen molar-refractivity contribution < 1.29 is 13.6 Å². The molecule has 1 saturated heterocycles. The standard InChI is InChI=1S/C12H29N4O3P/c1-3-18-20(17,19-4-2)16-11-9-14-7-5-13-6-8-15-10-12-16/h13-15H,3-12H2,1-2H3. The molecule has 1 fully saturated rings. The smallest absolute Gasteiger partial charge is 0.314 e. The lowest BCUT2D eigenvalue weighted by atomic mass is 10.4. The molecule has 1 aliphatic heterocycles. The van der Waals surface area contributed by atoms with E-state index in [1.165, 1.54) is 0 Å². The maximum atomic E-state index is 12.8. The van der Waals surface area contributed by atoms with E-state index in [1.54, 1.807) is 0 Å². The van der Waals surface area contributed by atoms with Crippen LogP contribution in [0.5, 0.6) is 0 Å². The summed E-state index contributed by atoms with van der Waals surface area (Å²) in [5.41, 5.74) is 0. The first kappa shape index (κ1) is 18.0. The lowest BCUT2D eigenvalue weighted by Crippen LogP contribution is -2.41. The highest BCUT2D eigenvalue weighted by Gasteiger charge is 2.32. The molecule has 0 bridgehead atoms. The fraction of sp³-hybridized carbons (Fsp3) is 1.00. The predicted molar refractivity (Wildman–Crippen MR) is 81.0 cm³/mol. The van der Waals surface area contributed by atoms with E-state index in [1.807, 2.05) is 18.5 Å². The van der Waals surface area contributed by atoms with Crippen molar-refractivity contribution in [3.63, 3.8) is 0 Å². The number of nitrogens with one attached hydrogen (secondary N) is 3. The van der Waals surface area contributed by atoms with Crippen molar-refractivity contribution in [2.75, 3.05) is 65.6 Å². The molecule has 0 spiro atoms. The molecule has 0 aromatic heterocycles. The summed E-state index contributed by atoms with van der Waals surface area (Å²) in [4.78, 5) is 0. The molecule has 0 saturated carbocycles. The van der Waals surface area contributed by atoms with Crippen LogP contribution in [0.1, 0.15) is 13.8 Å². The number of hydrogen-bond donors (Lipinski definition) is 3. The van der Waals surface area contributed by atoms with E-state index < -0.39 is 7.75 Å². The summed E-state index contributed by atoms with van der Waals surface area (Å²) in [5.74, 6) is 0. The summed E-state index contributed by atoms with van der Waals surface area (Å²) in [5, 5.41) is 10.0. The normalized spacial score (nSPS) is 21.1. The Kier molecular flexibility index (Phi) is 9.63. The van der Waals surface area contributed by atoms with Gasteiger partial charge in [0.05, 0.1) is 13.2 Å². The van der Waals surface area contributed by atoms with Gasteiger partial charge in [0.15, 0.2) is 0 Å². The molecule has 0 atom stereocenters. The van der Waals surface area contributed by atoms with Gasteiger partial charge >= 0.3 is 7.75 Å². The first-order valence-corrected chi connectivity index (χ1v) is 8.99. The van der Waals surface area contributed by atoms with Crippen LogP contribution in [-0.4, -0.2) is 70.2 Å². The van der Waals surface area contributed by atoms with Crippen molar-refractivity contribution in [3.05, 3.63) is 0 Å². The molecule has 1 aliphatic rings. The van der Waals surface area contributed by atoms with Crippen LogP contribution in [0.3, 0.4) is 0 Å². The molecule has 120 valence electrons. The molecule has 1 heterocycles. The third kappa shape index (κ3) is 6.63. The van der Waals surface area contributed by atoms with Gasteiger partial charge in [-0.05, 0) is 13.8 Å². The summed E-state index contributed by atoms with van der Waals surface area (Å²) in [6, 6.07) is 0. The fourth-order valence-corrected chi connectivity index (χ4v) is 3.77. The Bertz CT molecular complexity index is 272. The van der Waals surface area contributed by atoms with Crippen LogP contribution in [0.15, 0.2) is 0 Å². The molecule has 0 aliphatic carbocycles. The Morgan fingerprint density at radius 2 is 1.25 bits per heavy atom. The topological polar surface area (TPSA) is 74.9 Å². The Morgan fingerprint density at radius 3 is 1.65 bits per heavy atom. The van der Waals surface area contributed by atoms with Gasteiger partial charge in [-0.25, -0.2) is 9.24 Å². The molecule has 20 heavy (non-hydrogen) atoms. The average Bonchev–Trinajstić information content (AvgIpc) is 2.39. The van der Waals surface area contributed by atoms with Crippen LogP contribution < -0.4 is 16.0 Å². The van der Waals surface area contributed by atoms with E-state index in [2.05, 4.69) is 16.0 Å². The van der Waals surface area contributed by atoms with Crippen molar-refractivity contribution >= 4 is 7.75 Å². The van der Waals surface area contributed by atoms with Gasteiger partial charge in [0.1, 0.15) is 0 Å². The van der Waals surface area contributed by atoms with E-state index in [9.17, 15) is 4.57 Å². The molecule has 7 nitrogen and oxygen atoms in total. The molecular weight excluding hydrogens is 279 g/mol. The van der Waals surface area contributed by atoms with E-state index >= 15 is 0 Å². The number of nitrogens with zero attached hydrogens (tertiary/aromatic N) is 1. The second-order valence-electron chi connectivity index (χ2n) is 4.51. The monoisotopic (exact) mass is 308 g/mol. The summed E-state index contributed by atoms with van der Waals surface area (Å²) >= 11 is 0. The van der Waals surface area contributed by atoms with E-state index in [0.29, 0.717) is 26.3 Å². The molecule has 0 amide bonds. The molecule has 0 aromatic carbocycles. The van der Waals surface area contributed by atoms with Crippen LogP contribution in [0.4, 0.5) is 0 Å². The molecule has 0 aromatic rings. The summed E-state index contributed by atoms with van der Waals surface area (Å²) < 4.78 is 25.5. The van der Waals surface area contributed by atoms with Gasteiger partial charge < -0.3 is 16.0 Å². The van der Waals surface area contributed by atoms with Crippen LogP contribution in [0.2, 0.25) is 0 Å². The lowest BCUT2D eigenvalue weighted by Gasteiger charge is -2.30. The maximum Gasteiger partial charge on any atom is 0.408 e. The third-order valence-corrected chi connectivity index (χ3v) is 5.24. The fourth-order valence-electron chi connectivity index (χ4n) is 2.03. The van der Waals surface area contributed by atoms with Crippen molar-refractivity contribution in [3.8, 4) is 0 Å². The zero-order chi connectivity index (χ0) is 14.7. The molecule has 1 rings (SSSR count). The Labute approximate surface area is 122 Å². The highest BCUT2D eigenvalue weighted by molar-refractivity contribution is 7.51. The van der Waals surface area contributed by atoms with Gasteiger partial charge in [-0.15, -0.1) is 0 Å². The molecule has 0 unspecified atom stereocenters. The average molecular weight is 308 g/mol. The highest BCUT2D eigenvalue weighted by Crippen LogP contribution is 2.51. The largest absolute Gasteiger partial charge is 0.408 e. The summed E-state index contributed by atoms with van der Waals surface area (Å²) in [6.45, 7) is 11.0. The Morgan fingerprint density at radius 1 is 0.850 bits per heavy atom. The molecular formula is C12H29N4O3P. The number of hydrogen-bond acceptors (Lipinski definition) is 6. The minimum Gasteiger partial charge on any atom is -0.314 e. The van der Waals surface area contributed by atoms with Crippen LogP contribution in [-0.2, 0) is 13.6 Å². The van der Waals surface area contributed by atoms with Gasteiger partial charge in [-0.1, -0.05) is 0 Å². The second-order valence-corrected chi connectivity index (χ2v) is 6.53. The molecule has 0 radical (unpaired) electrons. The minimum atomic E-state index is -3.16. The lowest BCUT2D eigenvalue weighted by molar-refractivity contribution is 0.167. The second kappa shape index (κ2) is 10.7. The van der Waals surface area contributed by atoms with E-state index in [-0.39, 0.29) is 0 Å². The maximum absolute atomic E-state index is 12.8. The van der Waals surface area contributed by atoms with Crippen molar-refractivity contribution in [2.45, 2.75) is 13.8 Å². The zero-order valence-electron chi connectivity index (χ0n) is 12.7. The zero-order valence-corrected chi connectivity index (χ0v) is 13.6. The van der Waals surface area contributed by atoms with Crippen molar-refractivity contribution in [1.29, 1.82) is 0 Å². The van der Waals surface area contributed by atoms with E-state index in [4.69, 9.17) is 9.05 Å².